The second-order valence-electron chi connectivity index (χ2n) is 9.34. The number of anilines is 1. The molecule has 0 saturated carbocycles. The molecule has 0 saturated heterocycles. The van der Waals surface area contributed by atoms with Gasteiger partial charge in [-0.3, -0.25) is 4.79 Å². The lowest BCUT2D eigenvalue weighted by atomic mass is 10.1. The SMILES string of the molecule is Cc1ccc(S(=O)(=O)N(Cc2ccc(Cl)c(Cl)c2)Cc2ccc(C=C(C#N)C(=O)Nc3cccc(C(F)(F)F)c3)o2)cc1. The Kier molecular flexibility index (Phi) is 9.67. The molecule has 1 N–H and O–H groups in total. The van der Waals surface area contributed by atoms with Gasteiger partial charge in [-0.05, 0) is 67.1 Å². The van der Waals surface area contributed by atoms with Crippen molar-refractivity contribution in [2.45, 2.75) is 31.1 Å². The molecular formula is C30H22Cl2F3N3O4S. The number of nitrogens with zero attached hydrogens (tertiary/aromatic N) is 2. The summed E-state index contributed by atoms with van der Waals surface area (Å²) in [5.74, 6) is -0.714. The van der Waals surface area contributed by atoms with E-state index >= 15 is 0 Å². The van der Waals surface area contributed by atoms with Crippen molar-refractivity contribution in [3.63, 3.8) is 0 Å². The zero-order valence-electron chi connectivity index (χ0n) is 22.3. The molecular weight excluding hydrogens is 626 g/mol. The second-order valence-corrected chi connectivity index (χ2v) is 12.1. The van der Waals surface area contributed by atoms with Gasteiger partial charge in [0.1, 0.15) is 23.2 Å². The number of hydrogen-bond acceptors (Lipinski definition) is 5. The Hall–Kier alpha value is -4.08. The molecule has 0 aliphatic heterocycles. The fourth-order valence-electron chi connectivity index (χ4n) is 3.92. The third kappa shape index (κ3) is 8.06. The number of amides is 1. The molecule has 7 nitrogen and oxygen atoms in total. The van der Waals surface area contributed by atoms with E-state index in [-0.39, 0.29) is 40.2 Å². The molecule has 0 fully saturated rings. The molecule has 4 rings (SSSR count). The van der Waals surface area contributed by atoms with E-state index in [4.69, 9.17) is 27.6 Å². The van der Waals surface area contributed by atoms with E-state index in [1.165, 1.54) is 34.6 Å². The third-order valence-electron chi connectivity index (χ3n) is 6.12. The zero-order chi connectivity index (χ0) is 31.4. The predicted octanol–water partition coefficient (Wildman–Crippen LogP) is 7.85. The van der Waals surface area contributed by atoms with Gasteiger partial charge in [-0.1, -0.05) is 53.0 Å². The normalized spacial score (nSPS) is 12.3. The van der Waals surface area contributed by atoms with E-state index in [0.717, 1.165) is 29.8 Å². The van der Waals surface area contributed by atoms with Gasteiger partial charge in [-0.25, -0.2) is 8.42 Å². The smallest absolute Gasteiger partial charge is 0.416 e. The number of rotatable bonds is 9. The number of carbonyl (C=O) groups excluding carboxylic acids is 1. The summed E-state index contributed by atoms with van der Waals surface area (Å²) in [6, 6.07) is 19.7. The number of hydrogen-bond donors (Lipinski definition) is 1. The quantitative estimate of drug-likeness (QED) is 0.147. The van der Waals surface area contributed by atoms with Crippen LogP contribution in [0.15, 0.2) is 93.7 Å². The minimum Gasteiger partial charge on any atom is -0.460 e. The molecule has 0 aliphatic carbocycles. The van der Waals surface area contributed by atoms with Crippen molar-refractivity contribution >= 4 is 50.9 Å². The van der Waals surface area contributed by atoms with Gasteiger partial charge in [0.05, 0.1) is 27.0 Å². The van der Waals surface area contributed by atoms with E-state index in [2.05, 4.69) is 5.32 Å². The average Bonchev–Trinajstić information content (AvgIpc) is 3.40. The van der Waals surface area contributed by atoms with Crippen LogP contribution >= 0.6 is 23.2 Å². The molecule has 0 unspecified atom stereocenters. The van der Waals surface area contributed by atoms with Gasteiger partial charge in [0.2, 0.25) is 10.0 Å². The Morgan fingerprint density at radius 3 is 2.37 bits per heavy atom. The van der Waals surface area contributed by atoms with Crippen LogP contribution in [0.5, 0.6) is 0 Å². The molecule has 4 aromatic rings. The van der Waals surface area contributed by atoms with Crippen LogP contribution in [-0.4, -0.2) is 18.6 Å². The van der Waals surface area contributed by atoms with Crippen LogP contribution in [0.4, 0.5) is 18.9 Å². The number of furan rings is 1. The highest BCUT2D eigenvalue weighted by atomic mass is 35.5. The number of carbonyl (C=O) groups is 1. The van der Waals surface area contributed by atoms with Crippen LogP contribution in [0.2, 0.25) is 10.0 Å². The first-order valence-corrected chi connectivity index (χ1v) is 14.7. The van der Waals surface area contributed by atoms with Gasteiger partial charge in [-0.2, -0.15) is 22.7 Å². The monoisotopic (exact) mass is 647 g/mol. The predicted molar refractivity (Wildman–Crippen MR) is 156 cm³/mol. The molecule has 0 radical (unpaired) electrons. The Morgan fingerprint density at radius 1 is 1.00 bits per heavy atom. The molecule has 3 aromatic carbocycles. The first kappa shape index (κ1) is 31.8. The molecule has 1 aromatic heterocycles. The molecule has 43 heavy (non-hydrogen) atoms. The highest BCUT2D eigenvalue weighted by Crippen LogP contribution is 2.31. The zero-order valence-corrected chi connectivity index (χ0v) is 24.7. The second kappa shape index (κ2) is 13.1. The molecule has 222 valence electrons. The van der Waals surface area contributed by atoms with E-state index in [1.807, 2.05) is 6.92 Å². The summed E-state index contributed by atoms with van der Waals surface area (Å²) < 4.78 is 73.2. The first-order valence-electron chi connectivity index (χ1n) is 12.5. The van der Waals surface area contributed by atoms with Crippen LogP contribution < -0.4 is 5.32 Å². The number of halogens is 5. The molecule has 0 aliphatic rings. The molecule has 0 atom stereocenters. The van der Waals surface area contributed by atoms with Crippen molar-refractivity contribution < 1.29 is 30.8 Å². The minimum atomic E-state index is -4.61. The summed E-state index contributed by atoms with van der Waals surface area (Å²) in [5, 5.41) is 12.4. The fraction of sp³-hybridized carbons (Fsp3) is 0.133. The van der Waals surface area contributed by atoms with Gasteiger partial charge in [0, 0.05) is 18.3 Å². The fourth-order valence-corrected chi connectivity index (χ4v) is 5.64. The van der Waals surface area contributed by atoms with E-state index in [9.17, 15) is 31.6 Å². The maximum absolute atomic E-state index is 13.6. The van der Waals surface area contributed by atoms with E-state index < -0.39 is 33.2 Å². The standard InChI is InChI=1S/C30H22Cl2F3N3O4S/c1-19-5-10-26(11-6-19)43(40,41)38(17-20-7-12-27(31)28(32)13-20)18-25-9-8-24(42-25)14-21(16-36)29(39)37-23-4-2-3-22(15-23)30(33,34)35/h2-15H,17-18H2,1H3,(H,37,39). The summed E-state index contributed by atoms with van der Waals surface area (Å²) in [6.45, 7) is 1.53. The summed E-state index contributed by atoms with van der Waals surface area (Å²) in [4.78, 5) is 12.7. The number of nitriles is 1. The van der Waals surface area contributed by atoms with Crippen molar-refractivity contribution in [2.24, 2.45) is 0 Å². The summed E-state index contributed by atoms with van der Waals surface area (Å²) >= 11 is 12.2. The van der Waals surface area contributed by atoms with Crippen molar-refractivity contribution in [3.8, 4) is 6.07 Å². The minimum absolute atomic E-state index is 0.0490. The first-order chi connectivity index (χ1) is 20.3. The number of nitrogens with one attached hydrogen (secondary N) is 1. The van der Waals surface area contributed by atoms with Crippen LogP contribution in [-0.2, 0) is 34.1 Å². The van der Waals surface area contributed by atoms with Gasteiger partial charge in [-0.15, -0.1) is 0 Å². The Labute approximate surface area is 255 Å². The van der Waals surface area contributed by atoms with Crippen LogP contribution in [0, 0.1) is 18.3 Å². The van der Waals surface area contributed by atoms with Crippen molar-refractivity contribution in [3.05, 3.63) is 123 Å². The summed E-state index contributed by atoms with van der Waals surface area (Å²) in [6.07, 6.45) is -3.51. The van der Waals surface area contributed by atoms with Crippen molar-refractivity contribution in [1.82, 2.24) is 4.31 Å². The van der Waals surface area contributed by atoms with Crippen LogP contribution in [0.1, 0.15) is 28.2 Å². The average molecular weight is 648 g/mol. The van der Waals surface area contributed by atoms with Gasteiger partial charge >= 0.3 is 6.18 Å². The third-order valence-corrected chi connectivity index (χ3v) is 8.66. The summed E-state index contributed by atoms with van der Waals surface area (Å²) in [7, 11) is -4.03. The maximum Gasteiger partial charge on any atom is 0.416 e. The van der Waals surface area contributed by atoms with E-state index in [1.54, 1.807) is 36.4 Å². The lowest BCUT2D eigenvalue weighted by Crippen LogP contribution is -2.30. The van der Waals surface area contributed by atoms with Gasteiger partial charge < -0.3 is 9.73 Å². The number of alkyl halides is 3. The topological polar surface area (TPSA) is 103 Å². The lowest BCUT2D eigenvalue weighted by molar-refractivity contribution is -0.137. The van der Waals surface area contributed by atoms with Gasteiger partial charge in [0.15, 0.2) is 0 Å². The Morgan fingerprint density at radius 2 is 1.72 bits per heavy atom. The number of sulfonamides is 1. The Balaban J connectivity index is 1.58. The maximum atomic E-state index is 13.6. The number of benzene rings is 3. The molecule has 1 amide bonds. The molecule has 1 heterocycles. The lowest BCUT2D eigenvalue weighted by Gasteiger charge is -2.22. The van der Waals surface area contributed by atoms with Crippen LogP contribution in [0.3, 0.4) is 0 Å². The van der Waals surface area contributed by atoms with Crippen molar-refractivity contribution in [1.29, 1.82) is 5.26 Å². The highest BCUT2D eigenvalue weighted by molar-refractivity contribution is 7.89. The largest absolute Gasteiger partial charge is 0.460 e. The summed E-state index contributed by atoms with van der Waals surface area (Å²) in [5.41, 5.74) is -0.120. The molecule has 0 bridgehead atoms. The van der Waals surface area contributed by atoms with Crippen LogP contribution in [0.25, 0.3) is 6.08 Å². The van der Waals surface area contributed by atoms with Gasteiger partial charge in [0.25, 0.3) is 5.91 Å². The van der Waals surface area contributed by atoms with E-state index in [0.29, 0.717) is 10.6 Å². The highest BCUT2D eigenvalue weighted by Gasteiger charge is 2.30. The van der Waals surface area contributed by atoms with Crippen molar-refractivity contribution in [2.75, 3.05) is 5.32 Å². The number of aryl methyl sites for hydroxylation is 1. The molecule has 0 spiro atoms. The molecule has 13 heteroatoms. The Bertz CT molecular complexity index is 1830.